The molecule has 1 N–H and O–H groups in total. The molecule has 0 spiro atoms. The topological polar surface area (TPSA) is 74.2 Å². The molecular formula is C25H28O6S. The number of carboxylic acid groups (broad SMARTS) is 1. The van der Waals surface area contributed by atoms with Gasteiger partial charge in [0, 0.05) is 32.2 Å². The zero-order valence-corrected chi connectivity index (χ0v) is 19.3. The van der Waals surface area contributed by atoms with E-state index in [-0.39, 0.29) is 0 Å². The highest BCUT2D eigenvalue weighted by atomic mass is 32.3. The van der Waals surface area contributed by atoms with Crippen molar-refractivity contribution in [2.24, 2.45) is 0 Å². The molecule has 0 amide bonds. The molecule has 6 nitrogen and oxygen atoms in total. The SMILES string of the molecule is CCOc1cc(OCC)c(S(OC(=O)O)(c2ccccc2)c2ccccc2)c(OCC)c1. The lowest BCUT2D eigenvalue weighted by Crippen LogP contribution is -2.15. The monoisotopic (exact) mass is 456 g/mol. The van der Waals surface area contributed by atoms with Gasteiger partial charge in [-0.3, -0.25) is 0 Å². The first kappa shape index (κ1) is 23.3. The van der Waals surface area contributed by atoms with Crippen LogP contribution in [0.4, 0.5) is 4.79 Å². The molecule has 0 aliphatic carbocycles. The van der Waals surface area contributed by atoms with E-state index in [1.54, 1.807) is 12.1 Å². The predicted octanol–water partition coefficient (Wildman–Crippen LogP) is 6.77. The van der Waals surface area contributed by atoms with Gasteiger partial charge in [0.05, 0.1) is 19.8 Å². The summed E-state index contributed by atoms with van der Waals surface area (Å²) in [6.07, 6.45) is -1.38. The van der Waals surface area contributed by atoms with Crippen LogP contribution in [0.1, 0.15) is 20.8 Å². The lowest BCUT2D eigenvalue weighted by atomic mass is 10.3. The van der Waals surface area contributed by atoms with Crippen molar-refractivity contribution in [1.29, 1.82) is 0 Å². The molecule has 3 rings (SSSR count). The second kappa shape index (κ2) is 10.8. The van der Waals surface area contributed by atoms with E-state index in [9.17, 15) is 9.90 Å². The minimum absolute atomic E-state index is 0.375. The molecule has 170 valence electrons. The average Bonchev–Trinajstić information content (AvgIpc) is 2.79. The van der Waals surface area contributed by atoms with E-state index in [0.29, 0.717) is 51.8 Å². The van der Waals surface area contributed by atoms with Crippen LogP contribution in [0.3, 0.4) is 0 Å². The highest BCUT2D eigenvalue weighted by Gasteiger charge is 2.41. The van der Waals surface area contributed by atoms with E-state index in [2.05, 4.69) is 0 Å². The third kappa shape index (κ3) is 4.78. The standard InChI is InChI=1S/C25H28O6S/c1-4-28-19-17-22(29-5-2)24(23(18-19)30-6-3)32(31-25(26)27,20-13-9-7-10-14-20)21-15-11-8-12-16-21/h7-18H,4-6H2,1-3H3,(H,26,27). The number of benzene rings is 3. The maximum Gasteiger partial charge on any atom is 0.517 e. The maximum absolute atomic E-state index is 12.1. The summed E-state index contributed by atoms with van der Waals surface area (Å²) >= 11 is 0. The molecule has 3 aromatic carbocycles. The molecule has 32 heavy (non-hydrogen) atoms. The van der Waals surface area contributed by atoms with Crippen molar-refractivity contribution < 1.29 is 28.3 Å². The van der Waals surface area contributed by atoms with Gasteiger partial charge in [0.15, 0.2) is 0 Å². The van der Waals surface area contributed by atoms with E-state index in [0.717, 1.165) is 0 Å². The van der Waals surface area contributed by atoms with Crippen LogP contribution in [-0.4, -0.2) is 31.1 Å². The van der Waals surface area contributed by atoms with Crippen molar-refractivity contribution in [2.75, 3.05) is 19.8 Å². The number of rotatable bonds is 10. The molecule has 0 aliphatic rings. The van der Waals surface area contributed by atoms with Crippen molar-refractivity contribution >= 4 is 16.5 Å². The summed E-state index contributed by atoms with van der Waals surface area (Å²) in [7, 11) is -2.77. The summed E-state index contributed by atoms with van der Waals surface area (Å²) in [5, 5.41) is 9.91. The van der Waals surface area contributed by atoms with Crippen LogP contribution in [0.15, 0.2) is 87.5 Å². The Morgan fingerprint density at radius 3 is 1.56 bits per heavy atom. The first-order chi connectivity index (χ1) is 15.6. The van der Waals surface area contributed by atoms with Gasteiger partial charge >= 0.3 is 6.16 Å². The molecular weight excluding hydrogens is 428 g/mol. The van der Waals surface area contributed by atoms with Crippen LogP contribution in [0, 0.1) is 0 Å². The van der Waals surface area contributed by atoms with Crippen molar-refractivity contribution in [1.82, 2.24) is 0 Å². The van der Waals surface area contributed by atoms with Gasteiger partial charge < -0.3 is 23.5 Å². The van der Waals surface area contributed by atoms with Crippen LogP contribution in [0.5, 0.6) is 17.2 Å². The van der Waals surface area contributed by atoms with Gasteiger partial charge in [-0.25, -0.2) is 4.79 Å². The van der Waals surface area contributed by atoms with Gasteiger partial charge in [0.2, 0.25) is 0 Å². The van der Waals surface area contributed by atoms with Crippen LogP contribution in [-0.2, 0) is 4.18 Å². The summed E-state index contributed by atoms with van der Waals surface area (Å²) in [4.78, 5) is 14.1. The molecule has 3 aromatic rings. The fraction of sp³-hybridized carbons (Fsp3) is 0.240. The molecule has 0 radical (unpaired) electrons. The van der Waals surface area contributed by atoms with Crippen molar-refractivity contribution in [2.45, 2.75) is 35.5 Å². The average molecular weight is 457 g/mol. The normalized spacial score (nSPS) is 11.5. The zero-order valence-electron chi connectivity index (χ0n) is 18.4. The largest absolute Gasteiger partial charge is 0.517 e. The molecule has 0 fully saturated rings. The number of hydrogen-bond acceptors (Lipinski definition) is 5. The van der Waals surface area contributed by atoms with E-state index in [1.807, 2.05) is 81.4 Å². The smallest absolute Gasteiger partial charge is 0.494 e. The van der Waals surface area contributed by atoms with Gasteiger partial charge in [-0.05, 0) is 45.0 Å². The quantitative estimate of drug-likeness (QED) is 0.363. The Kier molecular flexibility index (Phi) is 7.89. The lowest BCUT2D eigenvalue weighted by Gasteiger charge is -2.40. The van der Waals surface area contributed by atoms with Crippen molar-refractivity contribution in [3.05, 3.63) is 72.8 Å². The molecule has 0 aromatic heterocycles. The van der Waals surface area contributed by atoms with Gasteiger partial charge in [-0.1, -0.05) is 36.4 Å². The molecule has 0 bridgehead atoms. The minimum Gasteiger partial charge on any atom is -0.494 e. The molecule has 7 heteroatoms. The minimum atomic E-state index is -2.77. The molecule has 0 saturated carbocycles. The first-order valence-corrected chi connectivity index (χ1v) is 12.0. The molecule has 0 unspecified atom stereocenters. The predicted molar refractivity (Wildman–Crippen MR) is 124 cm³/mol. The second-order valence-corrected chi connectivity index (χ2v) is 9.21. The van der Waals surface area contributed by atoms with Gasteiger partial charge in [-0.2, -0.15) is 0 Å². The fourth-order valence-corrected chi connectivity index (χ4v) is 6.57. The molecule has 0 atom stereocenters. The third-order valence-corrected chi connectivity index (χ3v) is 7.78. The van der Waals surface area contributed by atoms with Gasteiger partial charge in [0.25, 0.3) is 0 Å². The Morgan fingerprint density at radius 1 is 0.750 bits per heavy atom. The maximum atomic E-state index is 12.1. The van der Waals surface area contributed by atoms with E-state index in [1.165, 1.54) is 0 Å². The lowest BCUT2D eigenvalue weighted by molar-refractivity contribution is 0.150. The summed E-state index contributed by atoms with van der Waals surface area (Å²) in [6.45, 7) is 6.86. The Morgan fingerprint density at radius 2 is 1.19 bits per heavy atom. The number of carbonyl (C=O) groups is 1. The summed E-state index contributed by atoms with van der Waals surface area (Å²) in [6, 6.07) is 22.2. The fourth-order valence-electron chi connectivity index (χ4n) is 3.45. The molecule has 0 saturated heterocycles. The van der Waals surface area contributed by atoms with E-state index in [4.69, 9.17) is 18.4 Å². The van der Waals surface area contributed by atoms with Crippen LogP contribution in [0.25, 0.3) is 0 Å². The second-order valence-electron chi connectivity index (χ2n) is 6.58. The third-order valence-electron chi connectivity index (χ3n) is 4.54. The highest BCUT2D eigenvalue weighted by Crippen LogP contribution is 2.73. The summed E-state index contributed by atoms with van der Waals surface area (Å²) < 4.78 is 23.7. The number of ether oxygens (including phenoxy) is 3. The molecule has 0 heterocycles. The zero-order chi connectivity index (χ0) is 23.0. The van der Waals surface area contributed by atoms with E-state index < -0.39 is 16.5 Å². The summed E-state index contributed by atoms with van der Waals surface area (Å²) in [5.41, 5.74) is 0. The van der Waals surface area contributed by atoms with E-state index >= 15 is 0 Å². The Hall–Kier alpha value is -3.32. The van der Waals surface area contributed by atoms with Crippen LogP contribution >= 0.6 is 10.3 Å². The van der Waals surface area contributed by atoms with Crippen LogP contribution < -0.4 is 14.2 Å². The van der Waals surface area contributed by atoms with Crippen LogP contribution in [0.2, 0.25) is 0 Å². The Bertz CT molecular complexity index is 957. The van der Waals surface area contributed by atoms with Gasteiger partial charge in [-0.15, -0.1) is 0 Å². The van der Waals surface area contributed by atoms with Crippen molar-refractivity contribution in [3.8, 4) is 17.2 Å². The Balaban J connectivity index is 2.47. The Labute approximate surface area is 190 Å². The molecule has 0 aliphatic heterocycles. The first-order valence-electron chi connectivity index (χ1n) is 10.5. The van der Waals surface area contributed by atoms with Gasteiger partial charge in [0.1, 0.15) is 22.1 Å². The summed E-state index contributed by atoms with van der Waals surface area (Å²) in [5.74, 6) is 1.50. The van der Waals surface area contributed by atoms with Crippen molar-refractivity contribution in [3.63, 3.8) is 0 Å². The highest BCUT2D eigenvalue weighted by molar-refractivity contribution is 8.30. The number of hydrogen-bond donors (Lipinski definition) is 1.